The van der Waals surface area contributed by atoms with E-state index in [-0.39, 0.29) is 6.29 Å². The van der Waals surface area contributed by atoms with Crippen molar-refractivity contribution >= 4 is 0 Å². The smallest absolute Gasteiger partial charge is 0.273 e. The third-order valence-corrected chi connectivity index (χ3v) is 1.46. The average Bonchev–Trinajstić information content (AvgIpc) is 2.15. The van der Waals surface area contributed by atoms with Crippen LogP contribution in [-0.4, -0.2) is 32.6 Å². The van der Waals surface area contributed by atoms with Crippen molar-refractivity contribution in [2.45, 2.75) is 46.9 Å². The van der Waals surface area contributed by atoms with Crippen LogP contribution in [0.3, 0.4) is 0 Å². The van der Waals surface area contributed by atoms with E-state index in [1.54, 1.807) is 0 Å². The van der Waals surface area contributed by atoms with Gasteiger partial charge >= 0.3 is 0 Å². The Labute approximate surface area is 86.5 Å². The Morgan fingerprint density at radius 1 is 0.929 bits per heavy atom. The Bertz CT molecular complexity index is 113. The van der Waals surface area contributed by atoms with Gasteiger partial charge in [0.2, 0.25) is 0 Å². The number of hydrogen-bond donors (Lipinski definition) is 0. The summed E-state index contributed by atoms with van der Waals surface area (Å²) in [6.45, 7) is 8.87. The molecular formula is C10H22O4. The van der Waals surface area contributed by atoms with Crippen molar-refractivity contribution in [3.63, 3.8) is 0 Å². The normalized spacial score (nSPS) is 13.5. The van der Waals surface area contributed by atoms with Crippen LogP contribution in [0, 0.1) is 0 Å². The molecule has 4 nitrogen and oxygen atoms in total. The lowest BCUT2D eigenvalue weighted by Crippen LogP contribution is -2.27. The van der Waals surface area contributed by atoms with Crippen LogP contribution in [0.4, 0.5) is 0 Å². The van der Waals surface area contributed by atoms with Gasteiger partial charge < -0.3 is 18.9 Å². The van der Waals surface area contributed by atoms with Crippen LogP contribution in [0.1, 0.15) is 34.1 Å². The highest BCUT2D eigenvalue weighted by molar-refractivity contribution is 4.34. The maximum Gasteiger partial charge on any atom is 0.273 e. The van der Waals surface area contributed by atoms with E-state index in [0.29, 0.717) is 19.8 Å². The highest BCUT2D eigenvalue weighted by Crippen LogP contribution is 2.04. The Morgan fingerprint density at radius 3 is 1.93 bits per heavy atom. The summed E-state index contributed by atoms with van der Waals surface area (Å²) >= 11 is 0. The lowest BCUT2D eigenvalue weighted by Gasteiger charge is -2.21. The molecule has 0 aliphatic carbocycles. The predicted octanol–water partition coefficient (Wildman–Crippen LogP) is 2.13. The zero-order valence-corrected chi connectivity index (χ0v) is 9.62. The van der Waals surface area contributed by atoms with E-state index in [1.165, 1.54) is 0 Å². The summed E-state index contributed by atoms with van der Waals surface area (Å²) < 4.78 is 21.1. The van der Waals surface area contributed by atoms with Crippen LogP contribution in [0.5, 0.6) is 0 Å². The van der Waals surface area contributed by atoms with Gasteiger partial charge in [0.05, 0.1) is 0 Å². The van der Waals surface area contributed by atoms with Crippen LogP contribution < -0.4 is 0 Å². The van der Waals surface area contributed by atoms with Crippen molar-refractivity contribution in [2.24, 2.45) is 0 Å². The van der Waals surface area contributed by atoms with Crippen molar-refractivity contribution in [1.29, 1.82) is 0 Å². The lowest BCUT2D eigenvalue weighted by molar-refractivity contribution is -0.334. The summed E-state index contributed by atoms with van der Waals surface area (Å²) in [5.41, 5.74) is 0. The highest BCUT2D eigenvalue weighted by atomic mass is 16.9. The number of rotatable bonds is 9. The molecule has 0 heterocycles. The molecule has 0 rings (SSSR count). The van der Waals surface area contributed by atoms with Crippen LogP contribution in [-0.2, 0) is 18.9 Å². The van der Waals surface area contributed by atoms with E-state index in [9.17, 15) is 0 Å². The van der Waals surface area contributed by atoms with Gasteiger partial charge in [-0.1, -0.05) is 6.92 Å². The molecule has 0 N–H and O–H groups in total. The van der Waals surface area contributed by atoms with Crippen LogP contribution >= 0.6 is 0 Å². The minimum atomic E-state index is -0.614. The fraction of sp³-hybridized carbons (Fsp3) is 1.00. The van der Waals surface area contributed by atoms with E-state index in [0.717, 1.165) is 6.42 Å². The van der Waals surface area contributed by atoms with E-state index in [1.807, 2.05) is 20.8 Å². The first-order valence-electron chi connectivity index (χ1n) is 5.24. The largest absolute Gasteiger partial charge is 0.353 e. The Kier molecular flexibility index (Phi) is 9.29. The van der Waals surface area contributed by atoms with E-state index >= 15 is 0 Å². The second-order valence-electron chi connectivity index (χ2n) is 2.77. The molecule has 0 aromatic carbocycles. The first-order chi connectivity index (χ1) is 6.74. The summed E-state index contributed by atoms with van der Waals surface area (Å²) in [5, 5.41) is 0. The lowest BCUT2D eigenvalue weighted by atomic mass is 10.5. The zero-order chi connectivity index (χ0) is 10.8. The van der Waals surface area contributed by atoms with Gasteiger partial charge in [0, 0.05) is 19.8 Å². The molecule has 0 saturated carbocycles. The molecule has 1 unspecified atom stereocenters. The van der Waals surface area contributed by atoms with E-state index < -0.39 is 6.48 Å². The van der Waals surface area contributed by atoms with Crippen LogP contribution in [0.2, 0.25) is 0 Å². The third-order valence-electron chi connectivity index (χ3n) is 1.46. The van der Waals surface area contributed by atoms with Crippen LogP contribution in [0.15, 0.2) is 0 Å². The Hall–Kier alpha value is -0.160. The Morgan fingerprint density at radius 2 is 1.50 bits per heavy atom. The molecule has 0 radical (unpaired) electrons. The molecular weight excluding hydrogens is 184 g/mol. The molecule has 0 bridgehead atoms. The summed E-state index contributed by atoms with van der Waals surface area (Å²) in [6.07, 6.45) is 0.680. The second-order valence-corrected chi connectivity index (χ2v) is 2.77. The standard InChI is InChI=1S/C10H22O4/c1-5-8-13-9(4)14-10(11-6-2)12-7-3/h9-10H,5-8H2,1-4H3. The molecule has 0 aromatic heterocycles. The average molecular weight is 206 g/mol. The van der Waals surface area contributed by atoms with Crippen LogP contribution in [0.25, 0.3) is 0 Å². The molecule has 0 spiro atoms. The molecule has 14 heavy (non-hydrogen) atoms. The van der Waals surface area contributed by atoms with Crippen molar-refractivity contribution < 1.29 is 18.9 Å². The molecule has 0 fully saturated rings. The van der Waals surface area contributed by atoms with Gasteiger partial charge in [-0.2, -0.15) is 0 Å². The topological polar surface area (TPSA) is 36.9 Å². The van der Waals surface area contributed by atoms with E-state index in [4.69, 9.17) is 18.9 Å². The summed E-state index contributed by atoms with van der Waals surface area (Å²) in [4.78, 5) is 0. The first kappa shape index (κ1) is 13.8. The summed E-state index contributed by atoms with van der Waals surface area (Å²) in [6, 6.07) is 0. The fourth-order valence-corrected chi connectivity index (χ4v) is 0.878. The number of hydrogen-bond acceptors (Lipinski definition) is 4. The van der Waals surface area contributed by atoms with Gasteiger partial charge in [0.25, 0.3) is 6.48 Å². The van der Waals surface area contributed by atoms with Gasteiger partial charge in [-0.25, -0.2) is 0 Å². The summed E-state index contributed by atoms with van der Waals surface area (Å²) in [5.74, 6) is 0. The molecule has 0 saturated heterocycles. The maximum atomic E-state index is 5.37. The molecule has 4 heteroatoms. The quantitative estimate of drug-likeness (QED) is 0.541. The van der Waals surface area contributed by atoms with Crippen molar-refractivity contribution in [2.75, 3.05) is 19.8 Å². The highest BCUT2D eigenvalue weighted by Gasteiger charge is 2.12. The Balaban J connectivity index is 3.64. The van der Waals surface area contributed by atoms with Crippen molar-refractivity contribution in [1.82, 2.24) is 0 Å². The molecule has 0 aromatic rings. The van der Waals surface area contributed by atoms with E-state index in [2.05, 4.69) is 6.92 Å². The third kappa shape index (κ3) is 7.26. The predicted molar refractivity (Wildman–Crippen MR) is 53.8 cm³/mol. The minimum Gasteiger partial charge on any atom is -0.353 e. The number of ether oxygens (including phenoxy) is 4. The van der Waals surface area contributed by atoms with Crippen molar-refractivity contribution in [3.05, 3.63) is 0 Å². The van der Waals surface area contributed by atoms with Crippen molar-refractivity contribution in [3.8, 4) is 0 Å². The van der Waals surface area contributed by atoms with Gasteiger partial charge in [-0.3, -0.25) is 0 Å². The van der Waals surface area contributed by atoms with Gasteiger partial charge in [0.15, 0.2) is 6.29 Å². The molecule has 1 atom stereocenters. The fourth-order valence-electron chi connectivity index (χ4n) is 0.878. The molecule has 0 amide bonds. The molecule has 0 aliphatic rings. The van der Waals surface area contributed by atoms with Gasteiger partial charge in [-0.05, 0) is 27.2 Å². The summed E-state index contributed by atoms with van der Waals surface area (Å²) in [7, 11) is 0. The first-order valence-corrected chi connectivity index (χ1v) is 5.24. The molecule has 86 valence electrons. The second kappa shape index (κ2) is 9.40. The molecule has 0 aliphatic heterocycles. The van der Waals surface area contributed by atoms with Gasteiger partial charge in [-0.15, -0.1) is 0 Å². The maximum absolute atomic E-state index is 5.37. The minimum absolute atomic E-state index is 0.293. The van der Waals surface area contributed by atoms with Gasteiger partial charge in [0.1, 0.15) is 0 Å². The SMILES string of the molecule is CCCOC(C)OC(OCC)OCC. The zero-order valence-electron chi connectivity index (χ0n) is 9.62. The monoisotopic (exact) mass is 206 g/mol.